The number of nitrogens with one attached hydrogen (secondary N) is 1. The van der Waals surface area contributed by atoms with E-state index in [1.807, 2.05) is 0 Å². The molecule has 0 aliphatic carbocycles. The summed E-state index contributed by atoms with van der Waals surface area (Å²) in [4.78, 5) is 15.6. The standard InChI is InChI=1S/C12H10ClN3O2/c13-8-2-1-3-9(14)11(8)16-12(18)7-4-5-15-6-10(7)17/h1-6,17H,14H2,(H,16,18). The number of rotatable bonds is 2. The van der Waals surface area contributed by atoms with E-state index in [0.29, 0.717) is 16.4 Å². The highest BCUT2D eigenvalue weighted by Gasteiger charge is 2.13. The highest BCUT2D eigenvalue weighted by Crippen LogP contribution is 2.28. The fourth-order valence-corrected chi connectivity index (χ4v) is 1.66. The molecule has 4 N–H and O–H groups in total. The first kappa shape index (κ1) is 12.2. The topological polar surface area (TPSA) is 88.2 Å². The number of carbonyl (C=O) groups excluding carboxylic acids is 1. The molecule has 1 aromatic heterocycles. The number of amides is 1. The molecular weight excluding hydrogens is 254 g/mol. The Bertz CT molecular complexity index is 581. The summed E-state index contributed by atoms with van der Waals surface area (Å²) in [6.07, 6.45) is 2.59. The van der Waals surface area contributed by atoms with Crippen LogP contribution in [0.15, 0.2) is 36.7 Å². The summed E-state index contributed by atoms with van der Waals surface area (Å²) in [5.74, 6) is -0.713. The van der Waals surface area contributed by atoms with Crippen molar-refractivity contribution >= 4 is 28.9 Å². The normalized spacial score (nSPS) is 10.1. The van der Waals surface area contributed by atoms with Gasteiger partial charge < -0.3 is 16.2 Å². The Hall–Kier alpha value is -2.27. The number of hydrogen-bond donors (Lipinski definition) is 3. The van der Waals surface area contributed by atoms with Crippen LogP contribution in [0.25, 0.3) is 0 Å². The van der Waals surface area contributed by atoms with Gasteiger partial charge in [-0.2, -0.15) is 0 Å². The smallest absolute Gasteiger partial charge is 0.259 e. The Balaban J connectivity index is 2.30. The monoisotopic (exact) mass is 263 g/mol. The van der Waals surface area contributed by atoms with Crippen LogP contribution in [0.4, 0.5) is 11.4 Å². The molecule has 0 bridgehead atoms. The van der Waals surface area contributed by atoms with Gasteiger partial charge in [0.1, 0.15) is 5.75 Å². The number of aromatic nitrogens is 1. The second-order valence-corrected chi connectivity index (χ2v) is 3.96. The lowest BCUT2D eigenvalue weighted by Gasteiger charge is -2.10. The van der Waals surface area contributed by atoms with Gasteiger partial charge in [0.2, 0.25) is 0 Å². The van der Waals surface area contributed by atoms with Crippen molar-refractivity contribution in [3.8, 4) is 5.75 Å². The van der Waals surface area contributed by atoms with E-state index in [-0.39, 0.29) is 11.3 Å². The summed E-state index contributed by atoms with van der Waals surface area (Å²) in [5, 5.41) is 12.4. The van der Waals surface area contributed by atoms with Crippen molar-refractivity contribution in [3.05, 3.63) is 47.2 Å². The predicted molar refractivity (Wildman–Crippen MR) is 69.7 cm³/mol. The van der Waals surface area contributed by atoms with Crippen LogP contribution in [0, 0.1) is 0 Å². The summed E-state index contributed by atoms with van der Waals surface area (Å²) < 4.78 is 0. The van der Waals surface area contributed by atoms with Crippen LogP contribution in [0.1, 0.15) is 10.4 Å². The molecule has 1 heterocycles. The molecular formula is C12H10ClN3O2. The molecule has 0 atom stereocenters. The van der Waals surface area contributed by atoms with Gasteiger partial charge in [-0.3, -0.25) is 9.78 Å². The van der Waals surface area contributed by atoms with Gasteiger partial charge in [-0.05, 0) is 18.2 Å². The van der Waals surface area contributed by atoms with Crippen molar-refractivity contribution in [3.63, 3.8) is 0 Å². The van der Waals surface area contributed by atoms with Gasteiger partial charge in [0.15, 0.2) is 0 Å². The number of carbonyl (C=O) groups is 1. The highest BCUT2D eigenvalue weighted by atomic mass is 35.5. The van der Waals surface area contributed by atoms with Gasteiger partial charge in [0.25, 0.3) is 5.91 Å². The van der Waals surface area contributed by atoms with Gasteiger partial charge >= 0.3 is 0 Å². The van der Waals surface area contributed by atoms with Gasteiger partial charge in [-0.15, -0.1) is 0 Å². The van der Waals surface area contributed by atoms with Crippen LogP contribution < -0.4 is 11.1 Å². The quantitative estimate of drug-likeness (QED) is 0.725. The lowest BCUT2D eigenvalue weighted by atomic mass is 10.2. The zero-order chi connectivity index (χ0) is 13.1. The van der Waals surface area contributed by atoms with E-state index in [1.54, 1.807) is 18.2 Å². The second-order valence-electron chi connectivity index (χ2n) is 3.55. The van der Waals surface area contributed by atoms with Crippen molar-refractivity contribution < 1.29 is 9.90 Å². The Morgan fingerprint density at radius 3 is 2.83 bits per heavy atom. The van der Waals surface area contributed by atoms with E-state index >= 15 is 0 Å². The maximum absolute atomic E-state index is 11.9. The number of nitrogens with two attached hydrogens (primary N) is 1. The summed E-state index contributed by atoms with van der Waals surface area (Å²) in [6, 6.07) is 6.31. The zero-order valence-corrected chi connectivity index (χ0v) is 9.98. The van der Waals surface area contributed by atoms with E-state index in [1.165, 1.54) is 18.5 Å². The molecule has 2 rings (SSSR count). The lowest BCUT2D eigenvalue weighted by Crippen LogP contribution is -2.13. The number of nitrogens with zero attached hydrogens (tertiary/aromatic N) is 1. The zero-order valence-electron chi connectivity index (χ0n) is 9.22. The van der Waals surface area contributed by atoms with E-state index in [0.717, 1.165) is 0 Å². The number of benzene rings is 1. The fraction of sp³-hybridized carbons (Fsp3) is 0. The summed E-state index contributed by atoms with van der Waals surface area (Å²) >= 11 is 5.93. The minimum atomic E-state index is -0.505. The van der Waals surface area contributed by atoms with Gasteiger partial charge in [0, 0.05) is 6.20 Å². The Morgan fingerprint density at radius 1 is 1.39 bits per heavy atom. The van der Waals surface area contributed by atoms with Crippen LogP contribution in [-0.2, 0) is 0 Å². The van der Waals surface area contributed by atoms with Gasteiger partial charge in [-0.1, -0.05) is 17.7 Å². The molecule has 6 heteroatoms. The van der Waals surface area contributed by atoms with Crippen molar-refractivity contribution in [1.29, 1.82) is 0 Å². The molecule has 0 saturated carbocycles. The van der Waals surface area contributed by atoms with Crippen molar-refractivity contribution in [2.24, 2.45) is 0 Å². The van der Waals surface area contributed by atoms with Gasteiger partial charge in [-0.25, -0.2) is 0 Å². The molecule has 18 heavy (non-hydrogen) atoms. The minimum absolute atomic E-state index is 0.101. The Kier molecular flexibility index (Phi) is 3.34. The molecule has 0 aliphatic rings. The van der Waals surface area contributed by atoms with Crippen LogP contribution in [0.3, 0.4) is 0 Å². The van der Waals surface area contributed by atoms with Crippen LogP contribution in [0.5, 0.6) is 5.75 Å². The first-order valence-electron chi connectivity index (χ1n) is 5.08. The maximum Gasteiger partial charge on any atom is 0.259 e. The molecule has 2 aromatic rings. The summed E-state index contributed by atoms with van der Waals surface area (Å²) in [5.41, 5.74) is 6.48. The van der Waals surface area contributed by atoms with Crippen LogP contribution >= 0.6 is 11.6 Å². The number of halogens is 1. The SMILES string of the molecule is Nc1cccc(Cl)c1NC(=O)c1ccncc1O. The van der Waals surface area contributed by atoms with E-state index in [9.17, 15) is 9.90 Å². The molecule has 0 radical (unpaired) electrons. The first-order chi connectivity index (χ1) is 8.59. The van der Waals surface area contributed by atoms with Crippen molar-refractivity contribution in [2.75, 3.05) is 11.1 Å². The Morgan fingerprint density at radius 2 is 2.17 bits per heavy atom. The van der Waals surface area contributed by atoms with Crippen molar-refractivity contribution in [2.45, 2.75) is 0 Å². The number of para-hydroxylation sites is 1. The third-order valence-electron chi connectivity index (χ3n) is 2.33. The van der Waals surface area contributed by atoms with Crippen LogP contribution in [-0.4, -0.2) is 16.0 Å². The fourth-order valence-electron chi connectivity index (χ4n) is 1.43. The number of hydrogen-bond acceptors (Lipinski definition) is 4. The summed E-state index contributed by atoms with van der Waals surface area (Å²) in [6.45, 7) is 0. The second kappa shape index (κ2) is 4.93. The number of anilines is 2. The predicted octanol–water partition coefficient (Wildman–Crippen LogP) is 2.28. The molecule has 5 nitrogen and oxygen atoms in total. The number of nitrogen functional groups attached to an aromatic ring is 1. The average Bonchev–Trinajstić information content (AvgIpc) is 2.34. The van der Waals surface area contributed by atoms with Crippen molar-refractivity contribution in [1.82, 2.24) is 4.98 Å². The third-order valence-corrected chi connectivity index (χ3v) is 2.64. The maximum atomic E-state index is 11.9. The van der Waals surface area contributed by atoms with E-state index in [4.69, 9.17) is 17.3 Å². The number of aromatic hydroxyl groups is 1. The average molecular weight is 264 g/mol. The molecule has 1 amide bonds. The molecule has 1 aromatic carbocycles. The molecule has 0 fully saturated rings. The van der Waals surface area contributed by atoms with Crippen LogP contribution in [0.2, 0.25) is 5.02 Å². The minimum Gasteiger partial charge on any atom is -0.505 e. The molecule has 0 unspecified atom stereocenters. The molecule has 0 spiro atoms. The lowest BCUT2D eigenvalue weighted by molar-refractivity contribution is 0.102. The number of pyridine rings is 1. The molecule has 92 valence electrons. The third kappa shape index (κ3) is 2.36. The highest BCUT2D eigenvalue weighted by molar-refractivity contribution is 6.34. The molecule has 0 aliphatic heterocycles. The van der Waals surface area contributed by atoms with E-state index < -0.39 is 5.91 Å². The largest absolute Gasteiger partial charge is 0.505 e. The van der Waals surface area contributed by atoms with E-state index in [2.05, 4.69) is 10.3 Å². The Labute approximate surface area is 108 Å². The first-order valence-corrected chi connectivity index (χ1v) is 5.45. The van der Waals surface area contributed by atoms with Gasteiger partial charge in [0.05, 0.1) is 28.2 Å². The molecule has 0 saturated heterocycles. The summed E-state index contributed by atoms with van der Waals surface area (Å²) in [7, 11) is 0.